The van der Waals surface area contributed by atoms with Crippen LogP contribution < -0.4 is 5.32 Å². The van der Waals surface area contributed by atoms with Gasteiger partial charge in [0.2, 0.25) is 0 Å². The number of aliphatic carboxylic acids is 2. The quantitative estimate of drug-likeness (QED) is 0.530. The second-order valence-corrected chi connectivity index (χ2v) is 3.39. The first-order valence-corrected chi connectivity index (χ1v) is 5.54. The Hall–Kier alpha value is -0.100. The smallest absolute Gasteiger partial charge is 0.303 e. The van der Waals surface area contributed by atoms with Crippen molar-refractivity contribution in [3.8, 4) is 0 Å². The number of rotatable bonds is 5. The van der Waals surface area contributed by atoms with E-state index in [4.69, 9.17) is 10.2 Å². The number of hydrogen-bond donors (Lipinski definition) is 3. The summed E-state index contributed by atoms with van der Waals surface area (Å²) in [6.07, 6.45) is -0.593. The fourth-order valence-electron chi connectivity index (χ4n) is 0.464. The molecule has 0 unspecified atom stereocenters. The Morgan fingerprint density at radius 3 is 1.69 bits per heavy atom. The summed E-state index contributed by atoms with van der Waals surface area (Å²) in [5, 5.41) is 18.9. The molecule has 0 fully saturated rings. The van der Waals surface area contributed by atoms with E-state index in [1.165, 1.54) is 38.1 Å². The van der Waals surface area contributed by atoms with Crippen LogP contribution in [0.2, 0.25) is 3.67 Å². The number of carbonyl (C=O) groups is 2. The van der Waals surface area contributed by atoms with E-state index in [1.807, 2.05) is 7.05 Å². The van der Waals surface area contributed by atoms with Gasteiger partial charge in [0, 0.05) is 0 Å². The predicted molar refractivity (Wildman–Crippen MR) is 49.0 cm³/mol. The molecule has 3 N–H and O–H groups in total. The molecule has 0 aliphatic heterocycles. The Bertz CT molecular complexity index is 135. The van der Waals surface area contributed by atoms with Crippen molar-refractivity contribution in [1.82, 2.24) is 5.32 Å². The fraction of sp³-hybridized carbons (Fsp3) is 0.714. The van der Waals surface area contributed by atoms with Crippen molar-refractivity contribution in [2.24, 2.45) is 0 Å². The topological polar surface area (TPSA) is 86.6 Å². The van der Waals surface area contributed by atoms with Gasteiger partial charge in [-0.1, -0.05) is 0 Å². The summed E-state index contributed by atoms with van der Waals surface area (Å²) in [5.41, 5.74) is 0. The van der Waals surface area contributed by atoms with Gasteiger partial charge < -0.3 is 10.2 Å². The monoisotopic (exact) mass is 199 g/mol. The van der Waals surface area contributed by atoms with E-state index in [2.05, 4.69) is 5.32 Å². The third kappa shape index (κ3) is 24.5. The molecule has 0 aromatic carbocycles. The molecule has 0 heterocycles. The average molecular weight is 199 g/mol. The molecular formula is C7H14NNaO4. The maximum Gasteiger partial charge on any atom is 0.303 e. The van der Waals surface area contributed by atoms with Gasteiger partial charge in [0.05, 0.1) is 12.8 Å². The molecule has 0 aliphatic carbocycles. The van der Waals surface area contributed by atoms with E-state index in [0.717, 1.165) is 0 Å². The van der Waals surface area contributed by atoms with Crippen molar-refractivity contribution in [2.75, 3.05) is 13.6 Å². The maximum atomic E-state index is 9.64. The van der Waals surface area contributed by atoms with Gasteiger partial charge in [-0.05, 0) is 0 Å². The van der Waals surface area contributed by atoms with Gasteiger partial charge in [0.1, 0.15) is 0 Å². The van der Waals surface area contributed by atoms with Gasteiger partial charge in [-0.15, -0.1) is 0 Å². The third-order valence-electron chi connectivity index (χ3n) is 1.05. The Balaban J connectivity index is 0. The summed E-state index contributed by atoms with van der Waals surface area (Å²) in [6.45, 7) is 1.20. The molecule has 0 saturated heterocycles. The van der Waals surface area contributed by atoms with E-state index >= 15 is 0 Å². The van der Waals surface area contributed by atoms with Gasteiger partial charge in [0.15, 0.2) is 0 Å². The number of carboxylic acid groups (broad SMARTS) is 2. The zero-order valence-electron chi connectivity index (χ0n) is 8.04. The SMILES string of the molecule is CNC[CH2][Na].O=C(O)CCC(=O)O. The molecule has 13 heavy (non-hydrogen) atoms. The van der Waals surface area contributed by atoms with Crippen LogP contribution in [0.25, 0.3) is 0 Å². The molecule has 6 heteroatoms. The van der Waals surface area contributed by atoms with Crippen LogP contribution in [-0.2, 0) is 9.59 Å². The minimum Gasteiger partial charge on any atom is -0.481 e. The minimum absolute atomic E-state index is 0.296. The minimum atomic E-state index is -1.08. The van der Waals surface area contributed by atoms with Gasteiger partial charge >= 0.3 is 62.4 Å². The molecule has 0 bridgehead atoms. The molecule has 0 atom stereocenters. The Labute approximate surface area is 94.9 Å². The van der Waals surface area contributed by atoms with Gasteiger partial charge in [-0.25, -0.2) is 0 Å². The number of hydrogen-bond acceptors (Lipinski definition) is 3. The second kappa shape index (κ2) is 11.9. The molecule has 0 aromatic rings. The maximum absolute atomic E-state index is 9.64. The van der Waals surface area contributed by atoms with E-state index in [-0.39, 0.29) is 12.8 Å². The standard InChI is InChI=1S/C4H6O4.C3H8N.Na/c5-3(6)1-2-4(7)8;1-3-4-2;/h1-2H2,(H,5,6)(H,7,8);4H,1,3H2,2H3;. The summed E-state index contributed by atoms with van der Waals surface area (Å²) >= 11 is 1.34. The van der Waals surface area contributed by atoms with Crippen molar-refractivity contribution in [3.63, 3.8) is 0 Å². The summed E-state index contributed by atoms with van der Waals surface area (Å²) in [6, 6.07) is 0. The first-order valence-electron chi connectivity index (χ1n) is 4.12. The molecule has 0 aliphatic rings. The van der Waals surface area contributed by atoms with E-state index < -0.39 is 11.9 Å². The van der Waals surface area contributed by atoms with Crippen LogP contribution in [0.15, 0.2) is 0 Å². The number of nitrogens with one attached hydrogen (secondary N) is 1. The summed E-state index contributed by atoms with van der Waals surface area (Å²) in [4.78, 5) is 19.3. The normalized spacial score (nSPS) is 8.54. The molecule has 5 nitrogen and oxygen atoms in total. The first kappa shape index (κ1) is 15.4. The van der Waals surface area contributed by atoms with Crippen LogP contribution in [0.3, 0.4) is 0 Å². The van der Waals surface area contributed by atoms with E-state index in [0.29, 0.717) is 0 Å². The van der Waals surface area contributed by atoms with Crippen molar-refractivity contribution in [1.29, 1.82) is 0 Å². The Kier molecular flexibility index (Phi) is 14.1. The van der Waals surface area contributed by atoms with Crippen molar-refractivity contribution >= 4 is 39.9 Å². The van der Waals surface area contributed by atoms with Crippen LogP contribution in [0, 0.1) is 0 Å². The van der Waals surface area contributed by atoms with Crippen LogP contribution in [0.1, 0.15) is 12.8 Å². The molecule has 72 valence electrons. The van der Waals surface area contributed by atoms with Crippen LogP contribution in [0.5, 0.6) is 0 Å². The van der Waals surface area contributed by atoms with Gasteiger partial charge in [-0.2, -0.15) is 0 Å². The Morgan fingerprint density at radius 1 is 1.23 bits per heavy atom. The number of carboxylic acids is 2. The largest absolute Gasteiger partial charge is 0.481 e. The van der Waals surface area contributed by atoms with E-state index in [1.54, 1.807) is 0 Å². The van der Waals surface area contributed by atoms with Crippen LogP contribution in [0.4, 0.5) is 0 Å². The summed E-state index contributed by atoms with van der Waals surface area (Å²) in [7, 11) is 1.98. The second-order valence-electron chi connectivity index (χ2n) is 2.39. The van der Waals surface area contributed by atoms with Gasteiger partial charge in [0.25, 0.3) is 0 Å². The van der Waals surface area contributed by atoms with E-state index in [9.17, 15) is 9.59 Å². The molecule has 0 amide bonds. The summed E-state index contributed by atoms with van der Waals surface area (Å²) in [5.74, 6) is -2.15. The van der Waals surface area contributed by atoms with Crippen molar-refractivity contribution in [3.05, 3.63) is 0 Å². The van der Waals surface area contributed by atoms with Crippen molar-refractivity contribution in [2.45, 2.75) is 16.5 Å². The molecule has 0 aromatic heterocycles. The fourth-order valence-corrected chi connectivity index (χ4v) is 0.964. The van der Waals surface area contributed by atoms with Gasteiger partial charge in [-0.3, -0.25) is 9.59 Å². The molecular weight excluding hydrogens is 185 g/mol. The Morgan fingerprint density at radius 2 is 1.62 bits per heavy atom. The third-order valence-corrected chi connectivity index (χ3v) is 1.55. The van der Waals surface area contributed by atoms with Crippen LogP contribution in [-0.4, -0.2) is 63.7 Å². The molecule has 0 spiro atoms. The van der Waals surface area contributed by atoms with Crippen molar-refractivity contribution < 1.29 is 19.8 Å². The molecule has 0 radical (unpaired) electrons. The predicted octanol–water partition coefficient (Wildman–Crippen LogP) is -0.272. The first-order chi connectivity index (χ1) is 6.04. The average Bonchev–Trinajstić information content (AvgIpc) is 2.03. The summed E-state index contributed by atoms with van der Waals surface area (Å²) < 4.78 is 1.37. The zero-order valence-corrected chi connectivity index (χ0v) is 10.0. The molecule has 0 saturated carbocycles. The molecule has 0 rings (SSSR count). The zero-order chi connectivity index (χ0) is 10.7. The van der Waals surface area contributed by atoms with Crippen LogP contribution >= 0.6 is 0 Å².